The van der Waals surface area contributed by atoms with Crippen LogP contribution < -0.4 is 4.74 Å². The van der Waals surface area contributed by atoms with E-state index in [0.29, 0.717) is 70.3 Å². The van der Waals surface area contributed by atoms with Gasteiger partial charge in [-0.15, -0.1) is 0 Å². The molecular weight excluding hydrogens is 502 g/mol. The Morgan fingerprint density at radius 3 is 2.55 bits per heavy atom. The molecule has 2 aliphatic rings. The van der Waals surface area contributed by atoms with Crippen LogP contribution in [0.25, 0.3) is 0 Å². The number of pyridine rings is 1. The lowest BCUT2D eigenvalue weighted by Gasteiger charge is -2.35. The first kappa shape index (κ1) is 28.4. The van der Waals surface area contributed by atoms with Crippen molar-refractivity contribution in [1.82, 2.24) is 24.6 Å². The van der Waals surface area contributed by atoms with Gasteiger partial charge >= 0.3 is 6.18 Å². The second kappa shape index (κ2) is 11.7. The summed E-state index contributed by atoms with van der Waals surface area (Å²) in [5, 5.41) is 4.25. The highest BCUT2D eigenvalue weighted by Gasteiger charge is 2.39. The standard InChI is InChI=1S/C27H37F4N5O2/c1-18(27(29,30)31)38-25-5-4-21-8-13-36(14-9-23(21)33-25)15-12-26(28)10-6-20(7-11-26)16-22(37)17-24-32-19(2)35(3)34-24/h4-5,18,20H,6-17H2,1-3H3/t18-,20?,26?/m1/s1. The summed E-state index contributed by atoms with van der Waals surface area (Å²) in [6, 6.07) is 3.28. The van der Waals surface area contributed by atoms with E-state index in [-0.39, 0.29) is 24.0 Å². The minimum absolute atomic E-state index is 0.0219. The van der Waals surface area contributed by atoms with Gasteiger partial charge in [-0.1, -0.05) is 6.07 Å². The van der Waals surface area contributed by atoms with Crippen LogP contribution in [0.3, 0.4) is 0 Å². The van der Waals surface area contributed by atoms with Crippen LogP contribution in [0.1, 0.15) is 68.4 Å². The minimum atomic E-state index is -4.45. The van der Waals surface area contributed by atoms with Gasteiger partial charge in [0.05, 0.1) is 6.42 Å². The Morgan fingerprint density at radius 2 is 1.89 bits per heavy atom. The number of alkyl halides is 4. The number of hydrogen-bond donors (Lipinski definition) is 0. The van der Waals surface area contributed by atoms with Gasteiger partial charge in [0.25, 0.3) is 0 Å². The zero-order chi connectivity index (χ0) is 27.5. The molecular formula is C27H37F4N5O2. The largest absolute Gasteiger partial charge is 0.465 e. The Balaban J connectivity index is 1.21. The number of carbonyl (C=O) groups excluding carboxylic acids is 1. The van der Waals surface area contributed by atoms with Crippen molar-refractivity contribution in [3.63, 3.8) is 0 Å². The van der Waals surface area contributed by atoms with E-state index in [0.717, 1.165) is 30.6 Å². The molecule has 11 heteroatoms. The Kier molecular flexibility index (Phi) is 8.74. The number of fused-ring (bicyclic) bond motifs is 1. The number of carbonyl (C=O) groups is 1. The van der Waals surface area contributed by atoms with E-state index in [1.165, 1.54) is 6.07 Å². The summed E-state index contributed by atoms with van der Waals surface area (Å²) in [5.41, 5.74) is 0.511. The normalized spacial score (nSPS) is 23.5. The topological polar surface area (TPSA) is 73.1 Å². The van der Waals surface area contributed by atoms with E-state index in [1.54, 1.807) is 17.8 Å². The summed E-state index contributed by atoms with van der Waals surface area (Å²) in [4.78, 5) is 23.3. The summed E-state index contributed by atoms with van der Waals surface area (Å²) in [5.74, 6) is 1.59. The first-order valence-electron chi connectivity index (χ1n) is 13.4. The van der Waals surface area contributed by atoms with Crippen molar-refractivity contribution in [3.8, 4) is 5.88 Å². The van der Waals surface area contributed by atoms with Gasteiger partial charge in [0.2, 0.25) is 5.88 Å². The van der Waals surface area contributed by atoms with Crippen molar-refractivity contribution in [2.45, 2.75) is 89.6 Å². The summed E-state index contributed by atoms with van der Waals surface area (Å²) in [6.45, 7) is 4.85. The molecule has 0 spiro atoms. The van der Waals surface area contributed by atoms with Crippen LogP contribution in [0.4, 0.5) is 17.6 Å². The van der Waals surface area contributed by atoms with Gasteiger partial charge in [0.15, 0.2) is 11.9 Å². The molecule has 1 aliphatic heterocycles. The maximum Gasteiger partial charge on any atom is 0.425 e. The van der Waals surface area contributed by atoms with Gasteiger partial charge in [-0.2, -0.15) is 18.3 Å². The highest BCUT2D eigenvalue weighted by Crippen LogP contribution is 2.39. The van der Waals surface area contributed by atoms with Gasteiger partial charge in [-0.3, -0.25) is 9.48 Å². The lowest BCUT2D eigenvalue weighted by Crippen LogP contribution is -2.36. The minimum Gasteiger partial charge on any atom is -0.465 e. The lowest BCUT2D eigenvalue weighted by atomic mass is 9.76. The number of nitrogens with zero attached hydrogens (tertiary/aromatic N) is 5. The molecule has 7 nitrogen and oxygen atoms in total. The molecule has 2 aromatic heterocycles. The van der Waals surface area contributed by atoms with Crippen molar-refractivity contribution in [2.24, 2.45) is 13.0 Å². The highest BCUT2D eigenvalue weighted by molar-refractivity contribution is 5.80. The zero-order valence-corrected chi connectivity index (χ0v) is 22.4. The molecule has 0 saturated heterocycles. The second-order valence-corrected chi connectivity index (χ2v) is 10.9. The van der Waals surface area contributed by atoms with Crippen LogP contribution in [-0.2, 0) is 31.1 Å². The molecule has 0 unspecified atom stereocenters. The fraction of sp³-hybridized carbons (Fsp3) is 0.704. The second-order valence-electron chi connectivity index (χ2n) is 10.9. The van der Waals surface area contributed by atoms with E-state index in [4.69, 9.17) is 4.74 Å². The zero-order valence-electron chi connectivity index (χ0n) is 22.4. The Morgan fingerprint density at radius 1 is 1.18 bits per heavy atom. The molecule has 0 N–H and O–H groups in total. The number of hydrogen-bond acceptors (Lipinski definition) is 6. The lowest BCUT2D eigenvalue weighted by molar-refractivity contribution is -0.190. The summed E-state index contributed by atoms with van der Waals surface area (Å²) >= 11 is 0. The average molecular weight is 540 g/mol. The Labute approximate surface area is 221 Å². The monoisotopic (exact) mass is 539 g/mol. The maximum atomic E-state index is 15.6. The molecule has 1 saturated carbocycles. The van der Waals surface area contributed by atoms with Gasteiger partial charge in [0.1, 0.15) is 17.3 Å². The van der Waals surface area contributed by atoms with Crippen molar-refractivity contribution in [3.05, 3.63) is 35.0 Å². The fourth-order valence-corrected chi connectivity index (χ4v) is 5.33. The van der Waals surface area contributed by atoms with Gasteiger partial charge in [0, 0.05) is 51.3 Å². The third kappa shape index (κ3) is 7.51. The third-order valence-electron chi connectivity index (χ3n) is 7.94. The molecule has 0 amide bonds. The van der Waals surface area contributed by atoms with Crippen LogP contribution in [0.5, 0.6) is 5.88 Å². The smallest absolute Gasteiger partial charge is 0.425 e. The fourth-order valence-electron chi connectivity index (χ4n) is 5.33. The Bertz CT molecular complexity index is 1090. The van der Waals surface area contributed by atoms with Crippen LogP contribution in [0, 0.1) is 12.8 Å². The molecule has 0 aromatic carbocycles. The van der Waals surface area contributed by atoms with Crippen LogP contribution in [0.2, 0.25) is 0 Å². The number of aryl methyl sites for hydroxylation is 2. The number of ketones is 1. The van der Waals surface area contributed by atoms with Crippen LogP contribution in [0.15, 0.2) is 12.1 Å². The van der Waals surface area contributed by atoms with Gasteiger partial charge < -0.3 is 9.64 Å². The average Bonchev–Trinajstić information content (AvgIpc) is 3.03. The molecule has 1 aliphatic carbocycles. The predicted octanol–water partition coefficient (Wildman–Crippen LogP) is 4.74. The molecule has 0 bridgehead atoms. The number of ether oxygens (including phenoxy) is 1. The number of halogens is 4. The molecule has 1 fully saturated rings. The molecule has 4 rings (SSSR count). The van der Waals surface area contributed by atoms with Crippen molar-refractivity contribution >= 4 is 5.78 Å². The Hall–Kier alpha value is -2.56. The first-order chi connectivity index (χ1) is 17.9. The maximum absolute atomic E-state index is 15.6. The van der Waals surface area contributed by atoms with E-state index >= 15 is 4.39 Å². The molecule has 1 atom stereocenters. The van der Waals surface area contributed by atoms with Crippen molar-refractivity contribution in [2.75, 3.05) is 19.6 Å². The molecule has 38 heavy (non-hydrogen) atoms. The van der Waals surface area contributed by atoms with E-state index in [1.807, 2.05) is 6.92 Å². The third-order valence-corrected chi connectivity index (χ3v) is 7.94. The quantitative estimate of drug-likeness (QED) is 0.429. The molecule has 0 radical (unpaired) electrons. The summed E-state index contributed by atoms with van der Waals surface area (Å²) in [7, 11) is 1.80. The molecule has 2 aromatic rings. The van der Waals surface area contributed by atoms with Crippen molar-refractivity contribution < 1.29 is 27.1 Å². The first-order valence-corrected chi connectivity index (χ1v) is 13.4. The van der Waals surface area contributed by atoms with Gasteiger partial charge in [-0.25, -0.2) is 14.4 Å². The van der Waals surface area contributed by atoms with Crippen LogP contribution >= 0.6 is 0 Å². The number of rotatable bonds is 9. The number of Topliss-reactive ketones (excluding diaryl/α,β-unsaturated/α-hetero) is 1. The van der Waals surface area contributed by atoms with E-state index in [2.05, 4.69) is 20.0 Å². The molecule has 210 valence electrons. The summed E-state index contributed by atoms with van der Waals surface area (Å²) in [6.07, 6.45) is -1.66. The van der Waals surface area contributed by atoms with E-state index in [9.17, 15) is 18.0 Å². The van der Waals surface area contributed by atoms with Crippen LogP contribution in [-0.4, -0.2) is 68.0 Å². The summed E-state index contributed by atoms with van der Waals surface area (Å²) < 4.78 is 60.7. The SMILES string of the molecule is Cc1nc(CC(=O)CC2CCC(F)(CCN3CCc4ccc(O[C@H](C)C(F)(F)F)nc4CC3)CC2)nn1C. The molecule has 3 heterocycles. The number of aromatic nitrogens is 4. The van der Waals surface area contributed by atoms with E-state index < -0.39 is 17.9 Å². The van der Waals surface area contributed by atoms with Crippen molar-refractivity contribution in [1.29, 1.82) is 0 Å². The predicted molar refractivity (Wildman–Crippen MR) is 134 cm³/mol. The highest BCUT2D eigenvalue weighted by atomic mass is 19.4. The van der Waals surface area contributed by atoms with Gasteiger partial charge in [-0.05, 0) is 63.9 Å².